The van der Waals surface area contributed by atoms with Crippen molar-refractivity contribution in [3.05, 3.63) is 29.6 Å². The fraction of sp³-hybridized carbons (Fsp3) is 0.562. The maximum Gasteiger partial charge on any atom is 0.125 e. The van der Waals surface area contributed by atoms with Gasteiger partial charge in [-0.05, 0) is 43.7 Å². The van der Waals surface area contributed by atoms with Gasteiger partial charge in [0.1, 0.15) is 5.82 Å². The Bertz CT molecular complexity index is 608. The lowest BCUT2D eigenvalue weighted by molar-refractivity contribution is 0.366. The summed E-state index contributed by atoms with van der Waals surface area (Å²) in [6.07, 6.45) is 7.44. The normalized spacial score (nSPS) is 23.4. The summed E-state index contributed by atoms with van der Waals surface area (Å²) in [5.41, 5.74) is 3.62. The molecule has 1 saturated carbocycles. The number of halogens is 1. The number of alkyl halides is 1. The van der Waals surface area contributed by atoms with Crippen LogP contribution in [0.15, 0.2) is 18.2 Å². The Morgan fingerprint density at radius 2 is 2.15 bits per heavy atom. The zero-order valence-electron chi connectivity index (χ0n) is 12.1. The van der Waals surface area contributed by atoms with E-state index >= 15 is 0 Å². The summed E-state index contributed by atoms with van der Waals surface area (Å²) in [6, 6.07) is 7.04. The molecule has 3 rings (SSSR count). The molecule has 0 spiro atoms. The number of nitrogens with zero attached hydrogens (tertiary/aromatic N) is 2. The van der Waals surface area contributed by atoms with Crippen LogP contribution in [0.1, 0.15) is 43.1 Å². The molecule has 4 heteroatoms. The molecule has 2 nitrogen and oxygen atoms in total. The van der Waals surface area contributed by atoms with Crippen LogP contribution in [-0.2, 0) is 5.88 Å². The van der Waals surface area contributed by atoms with E-state index in [1.165, 1.54) is 36.8 Å². The van der Waals surface area contributed by atoms with Crippen molar-refractivity contribution in [1.82, 2.24) is 9.55 Å². The van der Waals surface area contributed by atoms with Crippen LogP contribution in [0.4, 0.5) is 0 Å². The molecule has 2 unspecified atom stereocenters. The highest BCUT2D eigenvalue weighted by Gasteiger charge is 2.28. The maximum atomic E-state index is 6.16. The monoisotopic (exact) mass is 308 g/mol. The predicted molar refractivity (Wildman–Crippen MR) is 88.8 cm³/mol. The number of thioether (sulfide) groups is 1. The largest absolute Gasteiger partial charge is 0.323 e. The summed E-state index contributed by atoms with van der Waals surface area (Å²) in [4.78, 5) is 4.74. The average Bonchev–Trinajstić information content (AvgIpc) is 2.84. The highest BCUT2D eigenvalue weighted by Crippen LogP contribution is 2.38. The van der Waals surface area contributed by atoms with Gasteiger partial charge in [-0.1, -0.05) is 18.9 Å². The number of benzene rings is 1. The first-order valence-corrected chi connectivity index (χ1v) is 9.13. The van der Waals surface area contributed by atoms with Gasteiger partial charge in [-0.3, -0.25) is 0 Å². The minimum Gasteiger partial charge on any atom is -0.323 e. The smallest absolute Gasteiger partial charge is 0.125 e. The van der Waals surface area contributed by atoms with Crippen molar-refractivity contribution in [2.24, 2.45) is 0 Å². The lowest BCUT2D eigenvalue weighted by atomic mass is 9.94. The van der Waals surface area contributed by atoms with E-state index in [4.69, 9.17) is 16.6 Å². The molecule has 0 radical (unpaired) electrons. The third-order valence-electron chi connectivity index (χ3n) is 4.34. The van der Waals surface area contributed by atoms with E-state index in [2.05, 4.69) is 35.9 Å². The molecule has 1 aromatic heterocycles. The van der Waals surface area contributed by atoms with E-state index in [-0.39, 0.29) is 0 Å². The van der Waals surface area contributed by atoms with Gasteiger partial charge in [-0.25, -0.2) is 4.98 Å². The predicted octanol–water partition coefficient (Wildman–Crippen LogP) is 4.93. The van der Waals surface area contributed by atoms with Crippen LogP contribution in [0.2, 0.25) is 0 Å². The van der Waals surface area contributed by atoms with Crippen LogP contribution in [0.5, 0.6) is 0 Å². The topological polar surface area (TPSA) is 17.8 Å². The van der Waals surface area contributed by atoms with Gasteiger partial charge in [0.2, 0.25) is 0 Å². The Morgan fingerprint density at radius 1 is 1.35 bits per heavy atom. The first-order valence-electron chi connectivity index (χ1n) is 7.31. The summed E-state index contributed by atoms with van der Waals surface area (Å²) in [7, 11) is 0. The van der Waals surface area contributed by atoms with Gasteiger partial charge in [0.15, 0.2) is 0 Å². The van der Waals surface area contributed by atoms with Gasteiger partial charge in [0.25, 0.3) is 0 Å². The SMILES string of the molecule is CSC1CCCCC1n1c(CCl)nc2ccc(C)cc21. The fourth-order valence-corrected chi connectivity index (χ4v) is 4.53. The van der Waals surface area contributed by atoms with Crippen molar-refractivity contribution in [2.45, 2.75) is 49.8 Å². The first kappa shape index (κ1) is 14.3. The molecule has 0 bridgehead atoms. The van der Waals surface area contributed by atoms with Crippen molar-refractivity contribution in [3.63, 3.8) is 0 Å². The molecule has 0 aliphatic heterocycles. The molecule has 0 amide bonds. The summed E-state index contributed by atoms with van der Waals surface area (Å²) in [6.45, 7) is 2.14. The van der Waals surface area contributed by atoms with Crippen molar-refractivity contribution in [3.8, 4) is 0 Å². The Balaban J connectivity index is 2.14. The van der Waals surface area contributed by atoms with E-state index in [9.17, 15) is 0 Å². The van der Waals surface area contributed by atoms with Gasteiger partial charge in [-0.2, -0.15) is 11.8 Å². The number of imidazole rings is 1. The van der Waals surface area contributed by atoms with E-state index < -0.39 is 0 Å². The number of hydrogen-bond donors (Lipinski definition) is 0. The van der Waals surface area contributed by atoms with E-state index in [0.29, 0.717) is 17.2 Å². The molecule has 108 valence electrons. The van der Waals surface area contributed by atoms with E-state index in [1.807, 2.05) is 11.8 Å². The number of aryl methyl sites for hydroxylation is 1. The zero-order valence-corrected chi connectivity index (χ0v) is 13.7. The molecular formula is C16H21ClN2S. The second-order valence-electron chi connectivity index (χ2n) is 5.65. The lowest BCUT2D eigenvalue weighted by Crippen LogP contribution is -2.26. The Morgan fingerprint density at radius 3 is 2.90 bits per heavy atom. The zero-order chi connectivity index (χ0) is 14.1. The highest BCUT2D eigenvalue weighted by molar-refractivity contribution is 7.99. The molecule has 20 heavy (non-hydrogen) atoms. The summed E-state index contributed by atoms with van der Waals surface area (Å²) in [5.74, 6) is 1.52. The van der Waals surface area contributed by atoms with Crippen molar-refractivity contribution >= 4 is 34.4 Å². The number of hydrogen-bond acceptors (Lipinski definition) is 2. The molecule has 2 aromatic rings. The third kappa shape index (κ3) is 2.46. The minimum absolute atomic E-state index is 0.491. The van der Waals surface area contributed by atoms with Gasteiger partial charge < -0.3 is 4.57 Å². The Kier molecular flexibility index (Phi) is 4.27. The molecule has 0 saturated heterocycles. The first-order chi connectivity index (χ1) is 9.74. The second-order valence-corrected chi connectivity index (χ2v) is 6.99. The maximum absolute atomic E-state index is 6.16. The lowest BCUT2D eigenvalue weighted by Gasteiger charge is -2.32. The van der Waals surface area contributed by atoms with Crippen LogP contribution in [-0.4, -0.2) is 21.1 Å². The van der Waals surface area contributed by atoms with E-state index in [0.717, 1.165) is 11.3 Å². The molecule has 1 aliphatic rings. The van der Waals surface area contributed by atoms with Crippen LogP contribution < -0.4 is 0 Å². The summed E-state index contributed by atoms with van der Waals surface area (Å²) < 4.78 is 2.43. The Labute approximate surface area is 129 Å². The molecule has 1 aromatic carbocycles. The number of fused-ring (bicyclic) bond motifs is 1. The summed E-state index contributed by atoms with van der Waals surface area (Å²) >= 11 is 8.16. The standard InChI is InChI=1S/C16H21ClN2S/c1-11-7-8-12-14(9-11)19(16(10-17)18-12)13-5-3-4-6-15(13)20-2/h7-9,13,15H,3-6,10H2,1-2H3. The Hall–Kier alpha value is -0.670. The molecule has 1 fully saturated rings. The molecule has 2 atom stereocenters. The van der Waals surface area contributed by atoms with Gasteiger partial charge in [0, 0.05) is 11.3 Å². The van der Waals surface area contributed by atoms with Crippen LogP contribution in [0, 0.1) is 6.92 Å². The fourth-order valence-electron chi connectivity index (χ4n) is 3.36. The third-order valence-corrected chi connectivity index (χ3v) is 5.73. The van der Waals surface area contributed by atoms with Gasteiger partial charge >= 0.3 is 0 Å². The van der Waals surface area contributed by atoms with Crippen molar-refractivity contribution in [2.75, 3.05) is 6.26 Å². The van der Waals surface area contributed by atoms with Gasteiger partial charge in [-0.15, -0.1) is 11.6 Å². The van der Waals surface area contributed by atoms with Crippen molar-refractivity contribution in [1.29, 1.82) is 0 Å². The van der Waals surface area contributed by atoms with Crippen LogP contribution in [0.3, 0.4) is 0 Å². The molecule has 0 N–H and O–H groups in total. The summed E-state index contributed by atoms with van der Waals surface area (Å²) in [5, 5.41) is 0.684. The number of aromatic nitrogens is 2. The number of rotatable bonds is 3. The minimum atomic E-state index is 0.491. The highest BCUT2D eigenvalue weighted by atomic mass is 35.5. The molecule has 1 heterocycles. The average molecular weight is 309 g/mol. The van der Waals surface area contributed by atoms with Crippen molar-refractivity contribution < 1.29 is 0 Å². The van der Waals surface area contributed by atoms with E-state index in [1.54, 1.807) is 0 Å². The second kappa shape index (κ2) is 5.98. The molecular weight excluding hydrogens is 288 g/mol. The van der Waals surface area contributed by atoms with Crippen LogP contribution in [0.25, 0.3) is 11.0 Å². The quantitative estimate of drug-likeness (QED) is 0.748. The van der Waals surface area contributed by atoms with Crippen LogP contribution >= 0.6 is 23.4 Å². The van der Waals surface area contributed by atoms with Gasteiger partial charge in [0.05, 0.1) is 16.9 Å². The molecule has 1 aliphatic carbocycles.